The van der Waals surface area contributed by atoms with Crippen LogP contribution in [0.15, 0.2) is 24.8 Å². The summed E-state index contributed by atoms with van der Waals surface area (Å²) in [5.41, 5.74) is -7.99. The molecular weight excluding hydrogens is 600 g/mol. The molecule has 0 N–H and O–H groups in total. The number of halogens is 12. The Labute approximate surface area is 217 Å². The van der Waals surface area contributed by atoms with Crippen LogP contribution < -0.4 is 0 Å². The van der Waals surface area contributed by atoms with Gasteiger partial charge in [-0.15, -0.1) is 20.4 Å². The summed E-state index contributed by atoms with van der Waals surface area (Å²) in [4.78, 5) is 0. The number of aromatic nitrogens is 12. The Morgan fingerprint density at radius 1 is 0.390 bits per heavy atom. The van der Waals surface area contributed by atoms with E-state index in [2.05, 4.69) is 41.2 Å². The molecule has 0 fully saturated rings. The standard InChI is InChI=1S/C17H12F12N12/c18-14(19,20)9-1-38(34-30-9)5-13(6-39-2-10(31-35-39)15(21,22)23,7-40-3-11(32-36-40)16(24,25)26)8-41-4-12(33-37-41)17(27,28)29/h1-4H,5-8H2. The van der Waals surface area contributed by atoms with E-state index in [0.717, 1.165) is 0 Å². The molecule has 0 amide bonds. The van der Waals surface area contributed by atoms with Gasteiger partial charge in [0.05, 0.1) is 51.0 Å². The van der Waals surface area contributed by atoms with Crippen molar-refractivity contribution >= 4 is 0 Å². The maximum Gasteiger partial charge on any atom is 0.436 e. The first-order valence-electron chi connectivity index (χ1n) is 10.6. The Morgan fingerprint density at radius 2 is 0.585 bits per heavy atom. The van der Waals surface area contributed by atoms with Gasteiger partial charge in [0.25, 0.3) is 0 Å². The summed E-state index contributed by atoms with van der Waals surface area (Å²) in [6.45, 7) is -3.17. The van der Waals surface area contributed by atoms with Gasteiger partial charge in [0.1, 0.15) is 0 Å². The molecule has 0 saturated heterocycles. The van der Waals surface area contributed by atoms with Crippen LogP contribution in [0.1, 0.15) is 22.8 Å². The predicted molar refractivity (Wildman–Crippen MR) is 103 cm³/mol. The van der Waals surface area contributed by atoms with Crippen LogP contribution in [-0.2, 0) is 50.9 Å². The average molecular weight is 612 g/mol. The fourth-order valence-electron chi connectivity index (χ4n) is 3.70. The molecule has 0 atom stereocenters. The van der Waals surface area contributed by atoms with E-state index < -0.39 is 79.1 Å². The lowest BCUT2D eigenvalue weighted by Crippen LogP contribution is -2.41. The van der Waals surface area contributed by atoms with Gasteiger partial charge in [-0.1, -0.05) is 20.9 Å². The van der Waals surface area contributed by atoms with E-state index in [0.29, 0.717) is 43.5 Å². The van der Waals surface area contributed by atoms with Crippen molar-refractivity contribution in [2.45, 2.75) is 50.9 Å². The molecule has 0 aromatic carbocycles. The summed E-state index contributed by atoms with van der Waals surface area (Å²) in [6, 6.07) is 0. The van der Waals surface area contributed by atoms with Gasteiger partial charge in [0.2, 0.25) is 0 Å². The van der Waals surface area contributed by atoms with Crippen LogP contribution in [0.2, 0.25) is 0 Å². The van der Waals surface area contributed by atoms with Crippen molar-refractivity contribution in [2.24, 2.45) is 5.41 Å². The molecule has 0 aliphatic rings. The van der Waals surface area contributed by atoms with Crippen molar-refractivity contribution in [3.63, 3.8) is 0 Å². The van der Waals surface area contributed by atoms with Gasteiger partial charge in [-0.05, 0) is 0 Å². The molecule has 0 aliphatic heterocycles. The topological polar surface area (TPSA) is 123 Å². The monoisotopic (exact) mass is 612 g/mol. The highest BCUT2D eigenvalue weighted by molar-refractivity contribution is 5.02. The van der Waals surface area contributed by atoms with E-state index in [1.54, 1.807) is 0 Å². The van der Waals surface area contributed by atoms with Gasteiger partial charge in [-0.3, -0.25) is 18.7 Å². The maximum absolute atomic E-state index is 13.1. The molecule has 41 heavy (non-hydrogen) atoms. The molecule has 4 heterocycles. The number of rotatable bonds is 8. The summed E-state index contributed by atoms with van der Waals surface area (Å²) in [7, 11) is 0. The number of nitrogens with zero attached hydrogens (tertiary/aromatic N) is 12. The van der Waals surface area contributed by atoms with Crippen molar-refractivity contribution < 1.29 is 52.7 Å². The van der Waals surface area contributed by atoms with Gasteiger partial charge >= 0.3 is 24.7 Å². The highest BCUT2D eigenvalue weighted by Crippen LogP contribution is 2.34. The molecule has 24 heteroatoms. The van der Waals surface area contributed by atoms with E-state index in [4.69, 9.17) is 0 Å². The molecule has 4 rings (SSSR count). The van der Waals surface area contributed by atoms with Crippen LogP contribution >= 0.6 is 0 Å². The maximum atomic E-state index is 13.1. The van der Waals surface area contributed by atoms with Gasteiger partial charge < -0.3 is 0 Å². The largest absolute Gasteiger partial charge is 0.436 e. The first-order chi connectivity index (χ1) is 18.7. The summed E-state index contributed by atoms with van der Waals surface area (Å²) in [6.07, 6.45) is -18.5. The molecule has 0 saturated carbocycles. The second-order valence-electron chi connectivity index (χ2n) is 8.70. The Bertz CT molecular complexity index is 1250. The number of alkyl halides is 12. The second kappa shape index (κ2) is 9.97. The minimum absolute atomic E-state index is 0.377. The Kier molecular flexibility index (Phi) is 7.22. The lowest BCUT2D eigenvalue weighted by molar-refractivity contribution is -0.142. The fourth-order valence-corrected chi connectivity index (χ4v) is 3.70. The van der Waals surface area contributed by atoms with E-state index >= 15 is 0 Å². The van der Waals surface area contributed by atoms with Crippen LogP contribution in [-0.4, -0.2) is 60.0 Å². The third-order valence-electron chi connectivity index (χ3n) is 5.31. The molecule has 12 nitrogen and oxygen atoms in total. The summed E-state index contributed by atoms with van der Waals surface area (Å²) in [5.74, 6) is 0. The first-order valence-corrected chi connectivity index (χ1v) is 10.6. The SMILES string of the molecule is FC(F)(F)c1cn(CC(Cn2cc(C(F)(F)F)nn2)(Cn2cc(C(F)(F)F)nn2)Cn2cc(C(F)(F)F)nn2)nn1. The summed E-state index contributed by atoms with van der Waals surface area (Å²) < 4.78 is 160. The van der Waals surface area contributed by atoms with Crippen LogP contribution in [0.25, 0.3) is 0 Å². The molecule has 0 spiro atoms. The average Bonchev–Trinajstić information content (AvgIpc) is 3.59. The predicted octanol–water partition coefficient (Wildman–Crippen LogP) is 3.21. The van der Waals surface area contributed by atoms with Crippen LogP contribution in [0.4, 0.5) is 52.7 Å². The van der Waals surface area contributed by atoms with Crippen molar-refractivity contribution in [3.05, 3.63) is 47.6 Å². The van der Waals surface area contributed by atoms with Gasteiger partial charge in [0, 0.05) is 5.41 Å². The third-order valence-corrected chi connectivity index (χ3v) is 5.31. The van der Waals surface area contributed by atoms with Gasteiger partial charge in [0.15, 0.2) is 22.8 Å². The highest BCUT2D eigenvalue weighted by Gasteiger charge is 2.42. The molecule has 4 aromatic rings. The van der Waals surface area contributed by atoms with Crippen molar-refractivity contribution in [2.75, 3.05) is 0 Å². The zero-order chi connectivity index (χ0) is 30.4. The second-order valence-corrected chi connectivity index (χ2v) is 8.70. The highest BCUT2D eigenvalue weighted by atomic mass is 19.4. The van der Waals surface area contributed by atoms with Crippen LogP contribution in [0, 0.1) is 5.41 Å². The first kappa shape index (κ1) is 29.7. The lowest BCUT2D eigenvalue weighted by Gasteiger charge is -2.33. The minimum atomic E-state index is -4.99. The van der Waals surface area contributed by atoms with E-state index in [9.17, 15) is 52.7 Å². The molecule has 0 radical (unpaired) electrons. The van der Waals surface area contributed by atoms with Crippen molar-refractivity contribution in [3.8, 4) is 0 Å². The number of hydrogen-bond acceptors (Lipinski definition) is 8. The van der Waals surface area contributed by atoms with Crippen molar-refractivity contribution in [1.29, 1.82) is 0 Å². The van der Waals surface area contributed by atoms with Crippen LogP contribution in [0.5, 0.6) is 0 Å². The third kappa shape index (κ3) is 7.08. The normalized spacial score (nSPS) is 13.8. The number of hydrogen-bond donors (Lipinski definition) is 0. The fraction of sp³-hybridized carbons (Fsp3) is 0.529. The smallest absolute Gasteiger partial charge is 0.251 e. The van der Waals surface area contributed by atoms with Crippen molar-refractivity contribution in [1.82, 2.24) is 60.0 Å². The Morgan fingerprint density at radius 3 is 0.732 bits per heavy atom. The quantitative estimate of drug-likeness (QED) is 0.278. The van der Waals surface area contributed by atoms with Gasteiger partial charge in [-0.2, -0.15) is 52.7 Å². The summed E-state index contributed by atoms with van der Waals surface area (Å²) in [5, 5.41) is 24.9. The summed E-state index contributed by atoms with van der Waals surface area (Å²) >= 11 is 0. The van der Waals surface area contributed by atoms with E-state index in [1.165, 1.54) is 0 Å². The zero-order valence-electron chi connectivity index (χ0n) is 19.5. The molecule has 4 aromatic heterocycles. The minimum Gasteiger partial charge on any atom is -0.251 e. The Hall–Kier alpha value is -4.28. The molecule has 0 bridgehead atoms. The van der Waals surface area contributed by atoms with E-state index in [-0.39, 0.29) is 0 Å². The molecular formula is C17H12F12N12. The molecule has 224 valence electrons. The Balaban J connectivity index is 1.81. The molecule has 0 unspecified atom stereocenters. The van der Waals surface area contributed by atoms with Crippen LogP contribution in [0.3, 0.4) is 0 Å². The van der Waals surface area contributed by atoms with E-state index in [1.807, 2.05) is 0 Å². The van der Waals surface area contributed by atoms with Gasteiger partial charge in [-0.25, -0.2) is 0 Å². The molecule has 0 aliphatic carbocycles. The lowest BCUT2D eigenvalue weighted by atomic mass is 9.87. The zero-order valence-corrected chi connectivity index (χ0v) is 19.5.